The monoisotopic (exact) mass is 255 g/mol. The molecule has 17 heavy (non-hydrogen) atoms. The molecule has 0 unspecified atom stereocenters. The molecule has 0 aromatic carbocycles. The van der Waals surface area contributed by atoms with Gasteiger partial charge in [-0.2, -0.15) is 0 Å². The van der Waals surface area contributed by atoms with Gasteiger partial charge in [0.15, 0.2) is 0 Å². The highest BCUT2D eigenvalue weighted by molar-refractivity contribution is 7.13. The maximum Gasteiger partial charge on any atom is 0.324 e. The van der Waals surface area contributed by atoms with E-state index >= 15 is 0 Å². The van der Waals surface area contributed by atoms with Gasteiger partial charge in [0.05, 0.1) is 4.92 Å². The highest BCUT2D eigenvalue weighted by Crippen LogP contribution is 2.31. The summed E-state index contributed by atoms with van der Waals surface area (Å²) in [5.41, 5.74) is 1.09. The Morgan fingerprint density at radius 2 is 2.29 bits per heavy atom. The van der Waals surface area contributed by atoms with Crippen LogP contribution in [0.3, 0.4) is 0 Å². The molecule has 1 fully saturated rings. The molecule has 0 aliphatic carbocycles. The lowest BCUT2D eigenvalue weighted by Crippen LogP contribution is -2.44. The van der Waals surface area contributed by atoms with Crippen molar-refractivity contribution in [3.63, 3.8) is 0 Å². The van der Waals surface area contributed by atoms with Gasteiger partial charge in [-0.1, -0.05) is 18.3 Å². The summed E-state index contributed by atoms with van der Waals surface area (Å²) < 4.78 is 0. The number of nitro groups is 1. The van der Waals surface area contributed by atoms with E-state index in [1.807, 2.05) is 5.38 Å². The molecule has 1 aromatic heterocycles. The van der Waals surface area contributed by atoms with E-state index in [0.29, 0.717) is 6.04 Å². The van der Waals surface area contributed by atoms with Gasteiger partial charge in [-0.3, -0.25) is 15.0 Å². The van der Waals surface area contributed by atoms with Crippen LogP contribution in [0.25, 0.3) is 0 Å². The van der Waals surface area contributed by atoms with Crippen LogP contribution in [0.5, 0.6) is 0 Å². The summed E-state index contributed by atoms with van der Waals surface area (Å²) in [6, 6.07) is 2.04. The number of hydrogen-bond donors (Lipinski definition) is 1. The van der Waals surface area contributed by atoms with Crippen LogP contribution < -0.4 is 5.32 Å². The molecule has 1 atom stereocenters. The summed E-state index contributed by atoms with van der Waals surface area (Å²) in [5.74, 6) is 0. The van der Waals surface area contributed by atoms with Gasteiger partial charge in [-0.15, -0.1) is 0 Å². The number of rotatable bonds is 4. The zero-order valence-corrected chi connectivity index (χ0v) is 10.7. The van der Waals surface area contributed by atoms with Crippen LogP contribution >= 0.6 is 11.3 Å². The van der Waals surface area contributed by atoms with Crippen LogP contribution in [0.15, 0.2) is 11.4 Å². The lowest BCUT2D eigenvalue weighted by Gasteiger charge is -2.34. The minimum absolute atomic E-state index is 0.244. The second kappa shape index (κ2) is 5.57. The fraction of sp³-hybridized carbons (Fsp3) is 0.636. The van der Waals surface area contributed by atoms with Crippen molar-refractivity contribution in [1.29, 1.82) is 0 Å². The van der Waals surface area contributed by atoms with E-state index in [4.69, 9.17) is 0 Å². The van der Waals surface area contributed by atoms with E-state index in [1.54, 1.807) is 6.07 Å². The van der Waals surface area contributed by atoms with Gasteiger partial charge in [0.1, 0.15) is 0 Å². The topological polar surface area (TPSA) is 58.4 Å². The summed E-state index contributed by atoms with van der Waals surface area (Å²) in [6.45, 7) is 6.17. The number of nitrogens with one attached hydrogen (secondary N) is 1. The fourth-order valence-electron chi connectivity index (χ4n) is 2.31. The predicted octanol–water partition coefficient (Wildman–Crippen LogP) is 2.01. The van der Waals surface area contributed by atoms with E-state index < -0.39 is 0 Å². The van der Waals surface area contributed by atoms with Crippen molar-refractivity contribution in [3.8, 4) is 0 Å². The van der Waals surface area contributed by atoms with Crippen molar-refractivity contribution in [2.75, 3.05) is 26.2 Å². The lowest BCUT2D eigenvalue weighted by molar-refractivity contribution is -0.380. The average molecular weight is 255 g/mol. The number of hydrogen-bond acceptors (Lipinski definition) is 5. The second-order valence-electron chi connectivity index (χ2n) is 4.19. The van der Waals surface area contributed by atoms with Crippen LogP contribution in [-0.2, 0) is 0 Å². The summed E-state index contributed by atoms with van der Waals surface area (Å²) in [6.07, 6.45) is 0.994. The molecule has 0 saturated carbocycles. The number of thiophene rings is 1. The normalized spacial score (nSPS) is 19.1. The Kier molecular flexibility index (Phi) is 4.09. The Balaban J connectivity index is 2.12. The molecule has 0 spiro atoms. The van der Waals surface area contributed by atoms with Crippen LogP contribution in [0.1, 0.15) is 24.9 Å². The van der Waals surface area contributed by atoms with Gasteiger partial charge >= 0.3 is 5.00 Å². The van der Waals surface area contributed by atoms with Crippen molar-refractivity contribution in [3.05, 3.63) is 27.1 Å². The van der Waals surface area contributed by atoms with Crippen LogP contribution in [0, 0.1) is 10.1 Å². The average Bonchev–Trinajstić information content (AvgIpc) is 2.81. The molecular weight excluding hydrogens is 238 g/mol. The molecule has 2 rings (SSSR count). The molecule has 0 radical (unpaired) electrons. The molecule has 0 amide bonds. The molecular formula is C11H17N3O2S. The first-order valence-electron chi connectivity index (χ1n) is 5.90. The molecule has 94 valence electrons. The largest absolute Gasteiger partial charge is 0.324 e. The van der Waals surface area contributed by atoms with E-state index in [0.717, 1.165) is 38.2 Å². The Labute approximate surface area is 105 Å². The van der Waals surface area contributed by atoms with Gasteiger partial charge in [0.2, 0.25) is 0 Å². The minimum atomic E-state index is -0.307. The van der Waals surface area contributed by atoms with Crippen molar-refractivity contribution in [2.45, 2.75) is 19.4 Å². The third kappa shape index (κ3) is 2.83. The van der Waals surface area contributed by atoms with E-state index in [-0.39, 0.29) is 9.92 Å². The third-order valence-electron chi connectivity index (χ3n) is 3.15. The summed E-state index contributed by atoms with van der Waals surface area (Å²) in [7, 11) is 0. The van der Waals surface area contributed by atoms with Crippen molar-refractivity contribution in [1.82, 2.24) is 10.2 Å². The predicted molar refractivity (Wildman–Crippen MR) is 68.4 cm³/mol. The smallest absolute Gasteiger partial charge is 0.314 e. The molecule has 5 nitrogen and oxygen atoms in total. The van der Waals surface area contributed by atoms with Gasteiger partial charge in [-0.05, 0) is 12.0 Å². The summed E-state index contributed by atoms with van der Waals surface area (Å²) in [5, 5.41) is 16.2. The minimum Gasteiger partial charge on any atom is -0.314 e. The SMILES string of the molecule is CC[C@H](c1csc([N+](=O)[O-])c1)N1CCNCC1. The van der Waals surface area contributed by atoms with E-state index in [9.17, 15) is 10.1 Å². The maximum absolute atomic E-state index is 10.7. The molecule has 6 heteroatoms. The lowest BCUT2D eigenvalue weighted by atomic mass is 10.1. The molecule has 1 saturated heterocycles. The zero-order valence-electron chi connectivity index (χ0n) is 9.89. The third-order valence-corrected chi connectivity index (χ3v) is 4.05. The number of piperazine rings is 1. The molecule has 1 aliphatic heterocycles. The second-order valence-corrected chi connectivity index (χ2v) is 5.08. The zero-order chi connectivity index (χ0) is 12.3. The Morgan fingerprint density at radius 3 is 2.82 bits per heavy atom. The first-order chi connectivity index (χ1) is 8.22. The number of nitrogens with zero attached hydrogens (tertiary/aromatic N) is 2. The van der Waals surface area contributed by atoms with Crippen molar-refractivity contribution < 1.29 is 4.92 Å². The highest BCUT2D eigenvalue weighted by Gasteiger charge is 2.23. The molecule has 0 bridgehead atoms. The van der Waals surface area contributed by atoms with E-state index in [2.05, 4.69) is 17.1 Å². The van der Waals surface area contributed by atoms with Gasteiger partial charge < -0.3 is 5.32 Å². The fourth-order valence-corrected chi connectivity index (χ4v) is 3.08. The molecule has 1 N–H and O–H groups in total. The summed E-state index contributed by atoms with van der Waals surface area (Å²) >= 11 is 1.22. The van der Waals surface area contributed by atoms with Crippen LogP contribution in [-0.4, -0.2) is 36.0 Å². The van der Waals surface area contributed by atoms with Gasteiger partial charge in [0, 0.05) is 43.7 Å². The summed E-state index contributed by atoms with van der Waals surface area (Å²) in [4.78, 5) is 12.8. The quantitative estimate of drug-likeness (QED) is 0.660. The Morgan fingerprint density at radius 1 is 1.59 bits per heavy atom. The van der Waals surface area contributed by atoms with Crippen LogP contribution in [0.4, 0.5) is 5.00 Å². The Hall–Kier alpha value is -0.980. The van der Waals surface area contributed by atoms with E-state index in [1.165, 1.54) is 11.3 Å². The maximum atomic E-state index is 10.7. The molecule has 1 aromatic rings. The van der Waals surface area contributed by atoms with Gasteiger partial charge in [0.25, 0.3) is 0 Å². The standard InChI is InChI=1S/C11H17N3O2S/c1-2-10(13-5-3-12-4-6-13)9-7-11(14(15)16)17-8-9/h7-8,10,12H,2-6H2,1H3/t10-/m1/s1. The first kappa shape index (κ1) is 12.5. The van der Waals surface area contributed by atoms with Gasteiger partial charge in [-0.25, -0.2) is 0 Å². The molecule has 2 heterocycles. The molecule has 1 aliphatic rings. The first-order valence-corrected chi connectivity index (χ1v) is 6.78. The highest BCUT2D eigenvalue weighted by atomic mass is 32.1. The van der Waals surface area contributed by atoms with Crippen molar-refractivity contribution >= 4 is 16.3 Å². The Bertz CT molecular complexity index is 388. The van der Waals surface area contributed by atoms with Crippen molar-refractivity contribution in [2.24, 2.45) is 0 Å². The van der Waals surface area contributed by atoms with Crippen LogP contribution in [0.2, 0.25) is 0 Å².